The van der Waals surface area contributed by atoms with Crippen molar-refractivity contribution in [2.24, 2.45) is 0 Å². The lowest BCUT2D eigenvalue weighted by Crippen LogP contribution is -2.27. The van der Waals surface area contributed by atoms with Crippen LogP contribution in [-0.2, 0) is 27.2 Å². The summed E-state index contributed by atoms with van der Waals surface area (Å²) in [5, 5.41) is 2.69. The van der Waals surface area contributed by atoms with Gasteiger partial charge in [-0.05, 0) is 17.2 Å². The maximum Gasteiger partial charge on any atom is 0.307 e. The Kier molecular flexibility index (Phi) is 4.39. The standard InChI is InChI=1S/C14H17NO4/c1-18-14(17)4-6-15-13(16)9-10-2-3-12-11(8-10)5-7-19-12/h2-3,8H,4-7,9H2,1H3,(H,15,16). The monoisotopic (exact) mass is 263 g/mol. The van der Waals surface area contributed by atoms with Gasteiger partial charge in [0.1, 0.15) is 5.75 Å². The van der Waals surface area contributed by atoms with Gasteiger partial charge in [-0.2, -0.15) is 0 Å². The molecular formula is C14H17NO4. The lowest BCUT2D eigenvalue weighted by molar-refractivity contribution is -0.140. The van der Waals surface area contributed by atoms with E-state index in [4.69, 9.17) is 4.74 Å². The molecule has 5 nitrogen and oxygen atoms in total. The molecule has 5 heteroatoms. The van der Waals surface area contributed by atoms with Crippen LogP contribution in [0.2, 0.25) is 0 Å². The van der Waals surface area contributed by atoms with Gasteiger partial charge < -0.3 is 14.8 Å². The van der Waals surface area contributed by atoms with Gasteiger partial charge in [-0.1, -0.05) is 12.1 Å². The number of carbonyl (C=O) groups is 2. The van der Waals surface area contributed by atoms with Gasteiger partial charge in [0.2, 0.25) is 5.91 Å². The summed E-state index contributed by atoms with van der Waals surface area (Å²) >= 11 is 0. The van der Waals surface area contributed by atoms with E-state index < -0.39 is 0 Å². The highest BCUT2D eigenvalue weighted by Gasteiger charge is 2.13. The van der Waals surface area contributed by atoms with Crippen LogP contribution in [0.25, 0.3) is 0 Å². The number of hydrogen-bond acceptors (Lipinski definition) is 4. The first-order valence-electron chi connectivity index (χ1n) is 6.27. The molecule has 19 heavy (non-hydrogen) atoms. The number of methoxy groups -OCH3 is 1. The molecule has 1 aromatic rings. The number of esters is 1. The Morgan fingerprint density at radius 1 is 1.42 bits per heavy atom. The van der Waals surface area contributed by atoms with Gasteiger partial charge in [0.05, 0.1) is 26.6 Å². The van der Waals surface area contributed by atoms with E-state index in [1.165, 1.54) is 7.11 Å². The van der Waals surface area contributed by atoms with Crippen molar-refractivity contribution in [1.29, 1.82) is 0 Å². The van der Waals surface area contributed by atoms with Crippen molar-refractivity contribution in [3.63, 3.8) is 0 Å². The van der Waals surface area contributed by atoms with Crippen molar-refractivity contribution in [1.82, 2.24) is 5.32 Å². The number of ether oxygens (including phenoxy) is 2. The predicted octanol–water partition coefficient (Wildman–Crippen LogP) is 0.843. The Morgan fingerprint density at radius 2 is 2.26 bits per heavy atom. The first-order valence-corrected chi connectivity index (χ1v) is 6.27. The van der Waals surface area contributed by atoms with Crippen LogP contribution in [0.3, 0.4) is 0 Å². The molecule has 0 radical (unpaired) electrons. The topological polar surface area (TPSA) is 64.6 Å². The second-order valence-electron chi connectivity index (χ2n) is 4.39. The van der Waals surface area contributed by atoms with Gasteiger partial charge in [-0.3, -0.25) is 9.59 Å². The third-order valence-electron chi connectivity index (χ3n) is 3.00. The second-order valence-corrected chi connectivity index (χ2v) is 4.39. The zero-order valence-electron chi connectivity index (χ0n) is 10.9. The van der Waals surface area contributed by atoms with Crippen LogP contribution in [0.5, 0.6) is 5.75 Å². The van der Waals surface area contributed by atoms with Gasteiger partial charge in [0.25, 0.3) is 0 Å². The first-order chi connectivity index (χ1) is 9.19. The third-order valence-corrected chi connectivity index (χ3v) is 3.00. The zero-order chi connectivity index (χ0) is 13.7. The van der Waals surface area contributed by atoms with Crippen LogP contribution in [0.1, 0.15) is 17.5 Å². The molecule has 1 aliphatic heterocycles. The van der Waals surface area contributed by atoms with Gasteiger partial charge >= 0.3 is 5.97 Å². The summed E-state index contributed by atoms with van der Waals surface area (Å²) < 4.78 is 9.91. The molecule has 1 N–H and O–H groups in total. The Balaban J connectivity index is 1.80. The molecule has 1 heterocycles. The lowest BCUT2D eigenvalue weighted by Gasteiger charge is -2.06. The minimum Gasteiger partial charge on any atom is -0.493 e. The van der Waals surface area contributed by atoms with E-state index in [0.717, 1.165) is 23.3 Å². The summed E-state index contributed by atoms with van der Waals surface area (Å²) in [6.07, 6.45) is 1.40. The van der Waals surface area contributed by atoms with E-state index in [-0.39, 0.29) is 18.3 Å². The van der Waals surface area contributed by atoms with Crippen molar-refractivity contribution in [3.8, 4) is 5.75 Å². The van der Waals surface area contributed by atoms with E-state index in [9.17, 15) is 9.59 Å². The van der Waals surface area contributed by atoms with Gasteiger partial charge in [-0.25, -0.2) is 0 Å². The number of amides is 1. The number of benzene rings is 1. The SMILES string of the molecule is COC(=O)CCNC(=O)Cc1ccc2c(c1)CCO2. The van der Waals surface area contributed by atoms with Crippen LogP contribution < -0.4 is 10.1 Å². The fourth-order valence-electron chi connectivity index (χ4n) is 2.00. The van der Waals surface area contributed by atoms with E-state index in [1.54, 1.807) is 0 Å². The summed E-state index contributed by atoms with van der Waals surface area (Å²) in [4.78, 5) is 22.6. The molecule has 0 bridgehead atoms. The average molecular weight is 263 g/mol. The highest BCUT2D eigenvalue weighted by atomic mass is 16.5. The quantitative estimate of drug-likeness (QED) is 0.800. The molecule has 0 saturated carbocycles. The molecule has 0 spiro atoms. The average Bonchev–Trinajstić information content (AvgIpc) is 2.85. The minimum atomic E-state index is -0.324. The van der Waals surface area contributed by atoms with E-state index in [0.29, 0.717) is 19.6 Å². The fraction of sp³-hybridized carbons (Fsp3) is 0.429. The Bertz CT molecular complexity index is 484. The maximum atomic E-state index is 11.7. The third kappa shape index (κ3) is 3.71. The van der Waals surface area contributed by atoms with Crippen LogP contribution in [0.4, 0.5) is 0 Å². The van der Waals surface area contributed by atoms with Crippen molar-refractivity contribution < 1.29 is 19.1 Å². The Hall–Kier alpha value is -2.04. The number of rotatable bonds is 5. The Labute approximate surface area is 111 Å². The van der Waals surface area contributed by atoms with Gasteiger partial charge in [0, 0.05) is 13.0 Å². The Morgan fingerprint density at radius 3 is 3.05 bits per heavy atom. The van der Waals surface area contributed by atoms with Crippen molar-refractivity contribution in [3.05, 3.63) is 29.3 Å². The summed E-state index contributed by atoms with van der Waals surface area (Å²) in [6.45, 7) is 1.02. The lowest BCUT2D eigenvalue weighted by atomic mass is 10.1. The molecule has 0 aromatic heterocycles. The van der Waals surface area contributed by atoms with Crippen LogP contribution >= 0.6 is 0 Å². The molecule has 102 valence electrons. The molecule has 0 atom stereocenters. The first kappa shape index (κ1) is 13.4. The van der Waals surface area contributed by atoms with Gasteiger partial charge in [-0.15, -0.1) is 0 Å². The summed E-state index contributed by atoms with van der Waals surface area (Å²) in [7, 11) is 1.33. The molecule has 1 aromatic carbocycles. The summed E-state index contributed by atoms with van der Waals surface area (Å²) in [5.41, 5.74) is 2.11. The molecule has 0 saturated heterocycles. The van der Waals surface area contributed by atoms with Crippen LogP contribution in [0.15, 0.2) is 18.2 Å². The molecular weight excluding hydrogens is 246 g/mol. The largest absolute Gasteiger partial charge is 0.493 e. The van der Waals surface area contributed by atoms with Crippen molar-refractivity contribution in [2.45, 2.75) is 19.3 Å². The molecule has 2 rings (SSSR count). The highest BCUT2D eigenvalue weighted by molar-refractivity contribution is 5.79. The number of hydrogen-bond donors (Lipinski definition) is 1. The normalized spacial score (nSPS) is 12.5. The summed E-state index contributed by atoms with van der Waals surface area (Å²) in [5.74, 6) is 0.493. The van der Waals surface area contributed by atoms with E-state index in [2.05, 4.69) is 10.1 Å². The predicted molar refractivity (Wildman–Crippen MR) is 69.0 cm³/mol. The molecule has 1 amide bonds. The second kappa shape index (κ2) is 6.22. The number of nitrogens with one attached hydrogen (secondary N) is 1. The molecule has 0 fully saturated rings. The van der Waals surface area contributed by atoms with Crippen LogP contribution in [-0.4, -0.2) is 32.1 Å². The van der Waals surface area contributed by atoms with E-state index in [1.807, 2.05) is 18.2 Å². The van der Waals surface area contributed by atoms with Crippen molar-refractivity contribution >= 4 is 11.9 Å². The smallest absolute Gasteiger partial charge is 0.307 e. The molecule has 0 unspecified atom stereocenters. The zero-order valence-corrected chi connectivity index (χ0v) is 10.9. The molecule has 1 aliphatic rings. The van der Waals surface area contributed by atoms with Gasteiger partial charge in [0.15, 0.2) is 0 Å². The maximum absolute atomic E-state index is 11.7. The highest BCUT2D eigenvalue weighted by Crippen LogP contribution is 2.25. The fourth-order valence-corrected chi connectivity index (χ4v) is 2.00. The minimum absolute atomic E-state index is 0.0947. The van der Waals surface area contributed by atoms with Crippen LogP contribution in [0, 0.1) is 0 Å². The van der Waals surface area contributed by atoms with Crippen molar-refractivity contribution in [2.75, 3.05) is 20.3 Å². The number of fused-ring (bicyclic) bond motifs is 1. The van der Waals surface area contributed by atoms with E-state index >= 15 is 0 Å². The summed E-state index contributed by atoms with van der Waals surface area (Å²) in [6, 6.07) is 5.80. The molecule has 0 aliphatic carbocycles. The number of carbonyl (C=O) groups excluding carboxylic acids is 2.